The number of hydroxylamine groups is 1. The Balaban J connectivity index is 2.22. The van der Waals surface area contributed by atoms with E-state index in [1.807, 2.05) is 0 Å². The van der Waals surface area contributed by atoms with Crippen LogP contribution in [0.15, 0.2) is 36.4 Å². The number of nitro groups is 1. The Labute approximate surface area is 180 Å². The number of nitro benzene ring substituents is 1. The highest BCUT2D eigenvalue weighted by molar-refractivity contribution is 6.24. The third-order valence-electron chi connectivity index (χ3n) is 4.45. The summed E-state index contributed by atoms with van der Waals surface area (Å²) in [7, 11) is 0. The molecule has 170 valence electrons. The number of hydrogen-bond acceptors (Lipinski definition) is 5. The Bertz CT molecular complexity index is 1030. The van der Waals surface area contributed by atoms with E-state index >= 15 is 0 Å². The smallest absolute Gasteiger partial charge is 0.269 e. The summed E-state index contributed by atoms with van der Waals surface area (Å²) in [5, 5.41) is 21.9. The number of hydrogen-bond donors (Lipinski definition) is 3. The number of carbonyl (C=O) groups is 2. The molecule has 2 aromatic rings. The summed E-state index contributed by atoms with van der Waals surface area (Å²) >= 11 is 0. The summed E-state index contributed by atoms with van der Waals surface area (Å²) in [6.45, 7) is 0.184. The number of carbonyl (C=O) groups excluding carboxylic acids is 2. The molecule has 0 aliphatic rings. The average molecular weight is 451 g/mol. The summed E-state index contributed by atoms with van der Waals surface area (Å²) in [5.74, 6) is -5.02. The first kappa shape index (κ1) is 24.5. The van der Waals surface area contributed by atoms with Gasteiger partial charge in [-0.15, -0.1) is 0 Å². The molecule has 0 bridgehead atoms. The predicted molar refractivity (Wildman–Crippen MR) is 109 cm³/mol. The summed E-state index contributed by atoms with van der Waals surface area (Å²) in [6, 6.07) is 5.92. The minimum atomic E-state index is -1.42. The van der Waals surface area contributed by atoms with Crippen molar-refractivity contribution in [3.63, 3.8) is 0 Å². The standard InChI is InChI=1S/C21H20F3N3O5/c22-15-10-14(20(24)18(23)12-15)11-17(13-5-7-16(8-6-13)27(31)32)21(29)25-9-3-1-2-4-19(28)26-30/h5-8,10-12,30H,1-4,9H2,(H,25,29)(H,26,28)/b17-11-. The summed E-state index contributed by atoms with van der Waals surface area (Å²) < 4.78 is 41.2. The van der Waals surface area contributed by atoms with E-state index in [-0.39, 0.29) is 29.8 Å². The van der Waals surface area contributed by atoms with Crippen LogP contribution < -0.4 is 10.8 Å². The molecule has 0 spiro atoms. The molecule has 3 N–H and O–H groups in total. The number of nitrogens with zero attached hydrogens (tertiary/aromatic N) is 1. The second-order valence-corrected chi connectivity index (χ2v) is 6.75. The van der Waals surface area contributed by atoms with Crippen LogP contribution >= 0.6 is 0 Å². The Morgan fingerprint density at radius 1 is 1.06 bits per heavy atom. The lowest BCUT2D eigenvalue weighted by Gasteiger charge is -2.10. The minimum absolute atomic E-state index is 0.114. The zero-order valence-electron chi connectivity index (χ0n) is 16.7. The van der Waals surface area contributed by atoms with Crippen LogP contribution in [0, 0.1) is 27.6 Å². The monoisotopic (exact) mass is 451 g/mol. The van der Waals surface area contributed by atoms with E-state index in [9.17, 15) is 32.9 Å². The predicted octanol–water partition coefficient (Wildman–Crippen LogP) is 3.73. The Morgan fingerprint density at radius 2 is 1.75 bits per heavy atom. The fourth-order valence-corrected chi connectivity index (χ4v) is 2.82. The summed E-state index contributed by atoms with van der Waals surface area (Å²) in [4.78, 5) is 33.9. The van der Waals surface area contributed by atoms with Crippen molar-refractivity contribution in [2.24, 2.45) is 0 Å². The van der Waals surface area contributed by atoms with Crippen molar-refractivity contribution in [1.29, 1.82) is 0 Å². The van der Waals surface area contributed by atoms with Gasteiger partial charge in [0.25, 0.3) is 11.6 Å². The maximum atomic E-state index is 14.1. The van der Waals surface area contributed by atoms with E-state index in [2.05, 4.69) is 5.32 Å². The van der Waals surface area contributed by atoms with Crippen molar-refractivity contribution >= 4 is 29.2 Å². The fourth-order valence-electron chi connectivity index (χ4n) is 2.82. The normalized spacial score (nSPS) is 11.2. The maximum Gasteiger partial charge on any atom is 0.269 e. The van der Waals surface area contributed by atoms with E-state index < -0.39 is 39.8 Å². The molecule has 0 aliphatic heterocycles. The third-order valence-corrected chi connectivity index (χ3v) is 4.45. The molecule has 32 heavy (non-hydrogen) atoms. The van der Waals surface area contributed by atoms with Crippen molar-refractivity contribution in [1.82, 2.24) is 10.8 Å². The minimum Gasteiger partial charge on any atom is -0.352 e. The molecule has 0 saturated carbocycles. The molecule has 0 aromatic heterocycles. The highest BCUT2D eigenvalue weighted by atomic mass is 19.2. The van der Waals surface area contributed by atoms with E-state index in [1.165, 1.54) is 17.6 Å². The lowest BCUT2D eigenvalue weighted by Crippen LogP contribution is -2.25. The zero-order valence-corrected chi connectivity index (χ0v) is 16.7. The molecule has 0 unspecified atom stereocenters. The molecule has 2 aromatic carbocycles. The van der Waals surface area contributed by atoms with Crippen LogP contribution in [-0.4, -0.2) is 28.5 Å². The van der Waals surface area contributed by atoms with Gasteiger partial charge in [-0.25, -0.2) is 18.7 Å². The first-order valence-corrected chi connectivity index (χ1v) is 9.55. The fraction of sp³-hybridized carbons (Fsp3) is 0.238. The molecular formula is C21H20F3N3O5. The van der Waals surface area contributed by atoms with Crippen molar-refractivity contribution in [2.45, 2.75) is 25.7 Å². The van der Waals surface area contributed by atoms with Crippen molar-refractivity contribution in [3.8, 4) is 0 Å². The third kappa shape index (κ3) is 6.91. The highest BCUT2D eigenvalue weighted by Crippen LogP contribution is 2.24. The molecule has 0 fully saturated rings. The van der Waals surface area contributed by atoms with Gasteiger partial charge in [0.1, 0.15) is 5.82 Å². The van der Waals surface area contributed by atoms with Crippen molar-refractivity contribution in [3.05, 3.63) is 75.1 Å². The van der Waals surface area contributed by atoms with Gasteiger partial charge in [0, 0.05) is 42.3 Å². The molecule has 0 atom stereocenters. The van der Waals surface area contributed by atoms with Gasteiger partial charge in [0.05, 0.1) is 4.92 Å². The maximum absolute atomic E-state index is 14.1. The van der Waals surface area contributed by atoms with Crippen molar-refractivity contribution in [2.75, 3.05) is 6.54 Å². The number of non-ortho nitro benzene ring substituents is 1. The molecule has 0 heterocycles. The Hall–Kier alpha value is -3.73. The number of rotatable bonds is 10. The molecule has 0 radical (unpaired) electrons. The quantitative estimate of drug-likeness (QED) is 0.0967. The van der Waals surface area contributed by atoms with Gasteiger partial charge in [-0.3, -0.25) is 24.9 Å². The number of amides is 2. The number of nitrogens with one attached hydrogen (secondary N) is 2. The van der Waals surface area contributed by atoms with Crippen LogP contribution in [0.1, 0.15) is 36.8 Å². The zero-order chi connectivity index (χ0) is 23.7. The van der Waals surface area contributed by atoms with E-state index in [1.54, 1.807) is 0 Å². The Morgan fingerprint density at radius 3 is 2.38 bits per heavy atom. The van der Waals surface area contributed by atoms with E-state index in [4.69, 9.17) is 5.21 Å². The Kier molecular flexibility index (Phi) is 8.90. The van der Waals surface area contributed by atoms with Crippen LogP contribution in [0.4, 0.5) is 18.9 Å². The van der Waals surface area contributed by atoms with Crippen LogP contribution in [0.2, 0.25) is 0 Å². The van der Waals surface area contributed by atoms with Crippen LogP contribution in [0.3, 0.4) is 0 Å². The van der Waals surface area contributed by atoms with Crippen LogP contribution in [0.5, 0.6) is 0 Å². The van der Waals surface area contributed by atoms with Crippen LogP contribution in [-0.2, 0) is 9.59 Å². The molecule has 2 amide bonds. The number of benzene rings is 2. The van der Waals surface area contributed by atoms with Gasteiger partial charge in [-0.1, -0.05) is 6.42 Å². The number of unbranched alkanes of at least 4 members (excludes halogenated alkanes) is 2. The largest absolute Gasteiger partial charge is 0.352 e. The first-order chi connectivity index (χ1) is 15.2. The average Bonchev–Trinajstić information content (AvgIpc) is 2.77. The molecule has 8 nitrogen and oxygen atoms in total. The first-order valence-electron chi connectivity index (χ1n) is 9.55. The van der Waals surface area contributed by atoms with Crippen molar-refractivity contribution < 1.29 is 32.9 Å². The van der Waals surface area contributed by atoms with Gasteiger partial charge in [-0.2, -0.15) is 0 Å². The summed E-state index contributed by atoms with van der Waals surface area (Å²) in [5.41, 5.74) is 0.807. The van der Waals surface area contributed by atoms with Gasteiger partial charge in [-0.05, 0) is 42.7 Å². The van der Waals surface area contributed by atoms with E-state index in [0.717, 1.165) is 24.3 Å². The van der Waals surface area contributed by atoms with Gasteiger partial charge in [0.2, 0.25) is 5.91 Å². The highest BCUT2D eigenvalue weighted by Gasteiger charge is 2.17. The number of halogens is 3. The summed E-state index contributed by atoms with van der Waals surface area (Å²) in [6.07, 6.45) is 2.60. The molecule has 0 saturated heterocycles. The SMILES string of the molecule is O=C(CCCCCNC(=O)/C(=C\c1cc(F)cc(F)c1F)c1ccc([N+](=O)[O-])cc1)NO. The molecule has 0 aliphatic carbocycles. The lowest BCUT2D eigenvalue weighted by molar-refractivity contribution is -0.384. The van der Waals surface area contributed by atoms with E-state index in [0.29, 0.717) is 25.3 Å². The van der Waals surface area contributed by atoms with Gasteiger partial charge < -0.3 is 5.32 Å². The lowest BCUT2D eigenvalue weighted by atomic mass is 10.0. The molecule has 2 rings (SSSR count). The second kappa shape index (κ2) is 11.6. The van der Waals surface area contributed by atoms with Gasteiger partial charge >= 0.3 is 0 Å². The van der Waals surface area contributed by atoms with Crippen LogP contribution in [0.25, 0.3) is 11.6 Å². The molecular weight excluding hydrogens is 431 g/mol. The van der Waals surface area contributed by atoms with Gasteiger partial charge in [0.15, 0.2) is 11.6 Å². The topological polar surface area (TPSA) is 122 Å². The molecule has 11 heteroatoms. The second-order valence-electron chi connectivity index (χ2n) is 6.75.